The standard InChI is InChI=1S/C27H22FN7OS/c1-14(2)10-21(36)31-16-11-15(12-29-13-16)17-5-6-18-22(23(17)28)26(35-34-18)27-32-19-7-8-30-25(24(19)33-27)20-4-3-9-37-20/h3-9,11-14H,10H2,1-2H3,(H,31,36)(H,32,33)(H,34,35). The molecule has 0 atom stereocenters. The number of aromatic nitrogens is 6. The average Bonchev–Trinajstić information content (AvgIpc) is 3.62. The van der Waals surface area contributed by atoms with Gasteiger partial charge in [0, 0.05) is 29.9 Å². The van der Waals surface area contributed by atoms with Gasteiger partial charge in [0.1, 0.15) is 22.7 Å². The number of aromatic amines is 2. The molecule has 10 heteroatoms. The Balaban J connectivity index is 1.42. The molecule has 0 aliphatic carbocycles. The topological polar surface area (TPSA) is 112 Å². The number of anilines is 1. The maximum Gasteiger partial charge on any atom is 0.224 e. The van der Waals surface area contributed by atoms with E-state index in [0.717, 1.165) is 16.1 Å². The normalized spacial score (nSPS) is 11.6. The molecule has 1 aromatic carbocycles. The zero-order valence-electron chi connectivity index (χ0n) is 20.0. The van der Waals surface area contributed by atoms with E-state index in [2.05, 4.69) is 30.5 Å². The highest BCUT2D eigenvalue weighted by Gasteiger charge is 2.21. The van der Waals surface area contributed by atoms with Gasteiger partial charge in [0.15, 0.2) is 5.82 Å². The number of rotatable bonds is 6. The summed E-state index contributed by atoms with van der Waals surface area (Å²) in [5, 5.41) is 12.4. The number of hydrogen-bond acceptors (Lipinski definition) is 6. The highest BCUT2D eigenvalue weighted by Crippen LogP contribution is 2.36. The fourth-order valence-corrected chi connectivity index (χ4v) is 5.07. The van der Waals surface area contributed by atoms with E-state index in [9.17, 15) is 4.79 Å². The number of imidazole rings is 1. The van der Waals surface area contributed by atoms with Gasteiger partial charge in [0.25, 0.3) is 0 Å². The van der Waals surface area contributed by atoms with E-state index in [1.54, 1.807) is 48.1 Å². The summed E-state index contributed by atoms with van der Waals surface area (Å²) in [5.41, 5.74) is 4.57. The van der Waals surface area contributed by atoms with E-state index in [0.29, 0.717) is 51.2 Å². The number of H-pyrrole nitrogens is 2. The Kier molecular flexibility index (Phi) is 5.72. The molecule has 0 saturated heterocycles. The molecule has 0 unspecified atom stereocenters. The van der Waals surface area contributed by atoms with Crippen LogP contribution in [0.15, 0.2) is 60.4 Å². The molecular formula is C27H22FN7OS. The summed E-state index contributed by atoms with van der Waals surface area (Å²) in [7, 11) is 0. The number of thiophene rings is 1. The largest absolute Gasteiger partial charge is 0.336 e. The monoisotopic (exact) mass is 511 g/mol. The molecular weight excluding hydrogens is 489 g/mol. The number of halogens is 1. The molecule has 0 spiro atoms. The lowest BCUT2D eigenvalue weighted by Crippen LogP contribution is -2.14. The summed E-state index contributed by atoms with van der Waals surface area (Å²) < 4.78 is 16.0. The molecule has 0 bridgehead atoms. The minimum Gasteiger partial charge on any atom is -0.336 e. The van der Waals surface area contributed by atoms with E-state index in [-0.39, 0.29) is 11.8 Å². The molecule has 0 radical (unpaired) electrons. The van der Waals surface area contributed by atoms with Crippen LogP contribution in [0.4, 0.5) is 10.1 Å². The van der Waals surface area contributed by atoms with Crippen molar-refractivity contribution < 1.29 is 9.18 Å². The number of nitrogens with zero attached hydrogens (tertiary/aromatic N) is 4. The van der Waals surface area contributed by atoms with Gasteiger partial charge in [-0.25, -0.2) is 9.37 Å². The van der Waals surface area contributed by atoms with Gasteiger partial charge in [0.2, 0.25) is 5.91 Å². The highest BCUT2D eigenvalue weighted by atomic mass is 32.1. The van der Waals surface area contributed by atoms with Gasteiger partial charge in [-0.1, -0.05) is 19.9 Å². The lowest BCUT2D eigenvalue weighted by molar-refractivity contribution is -0.116. The van der Waals surface area contributed by atoms with Crippen LogP contribution in [0.5, 0.6) is 0 Å². The van der Waals surface area contributed by atoms with Crippen LogP contribution in [-0.4, -0.2) is 36.0 Å². The van der Waals surface area contributed by atoms with Crippen molar-refractivity contribution >= 4 is 44.9 Å². The quantitative estimate of drug-likeness (QED) is 0.239. The fraction of sp³-hybridized carbons (Fsp3) is 0.148. The molecule has 6 rings (SSSR count). The summed E-state index contributed by atoms with van der Waals surface area (Å²) >= 11 is 1.58. The molecule has 3 N–H and O–H groups in total. The highest BCUT2D eigenvalue weighted by molar-refractivity contribution is 7.13. The molecule has 8 nitrogen and oxygen atoms in total. The number of pyridine rings is 2. The van der Waals surface area contributed by atoms with Gasteiger partial charge < -0.3 is 10.3 Å². The maximum absolute atomic E-state index is 16.0. The number of hydrogen-bond donors (Lipinski definition) is 3. The summed E-state index contributed by atoms with van der Waals surface area (Å²) in [6, 6.07) is 11.0. The first-order chi connectivity index (χ1) is 18.0. The van der Waals surface area contributed by atoms with E-state index in [1.165, 1.54) is 0 Å². The van der Waals surface area contributed by atoms with Crippen molar-refractivity contribution in [1.29, 1.82) is 0 Å². The van der Waals surface area contributed by atoms with Crippen molar-refractivity contribution in [2.45, 2.75) is 20.3 Å². The molecule has 5 heterocycles. The SMILES string of the molecule is CC(C)CC(=O)Nc1cncc(-c2ccc3[nH]nc(-c4nc5c(-c6cccs6)nccc5[nH]4)c3c2F)c1. The predicted molar refractivity (Wildman–Crippen MR) is 144 cm³/mol. The Labute approximate surface area is 215 Å². The third-order valence-electron chi connectivity index (χ3n) is 5.97. The zero-order valence-corrected chi connectivity index (χ0v) is 20.9. The van der Waals surface area contributed by atoms with Crippen LogP contribution in [0, 0.1) is 11.7 Å². The molecule has 0 aliphatic heterocycles. The molecule has 184 valence electrons. The number of carbonyl (C=O) groups is 1. The molecule has 1 amide bonds. The van der Waals surface area contributed by atoms with Gasteiger partial charge in [-0.3, -0.25) is 19.9 Å². The van der Waals surface area contributed by atoms with Gasteiger partial charge in [-0.15, -0.1) is 11.3 Å². The number of nitrogens with one attached hydrogen (secondary N) is 3. The van der Waals surface area contributed by atoms with Crippen LogP contribution in [0.2, 0.25) is 0 Å². The molecule has 0 aliphatic rings. The smallest absolute Gasteiger partial charge is 0.224 e. The molecule has 5 aromatic heterocycles. The lowest BCUT2D eigenvalue weighted by atomic mass is 10.0. The number of carbonyl (C=O) groups excluding carboxylic acids is 1. The Morgan fingerprint density at radius 3 is 2.84 bits per heavy atom. The van der Waals surface area contributed by atoms with Crippen molar-refractivity contribution in [2.24, 2.45) is 5.92 Å². The van der Waals surface area contributed by atoms with E-state index in [1.807, 2.05) is 37.4 Å². The van der Waals surface area contributed by atoms with Gasteiger partial charge >= 0.3 is 0 Å². The van der Waals surface area contributed by atoms with Crippen LogP contribution in [-0.2, 0) is 4.79 Å². The lowest BCUT2D eigenvalue weighted by Gasteiger charge is -2.09. The summed E-state index contributed by atoms with van der Waals surface area (Å²) in [6.45, 7) is 3.95. The predicted octanol–water partition coefficient (Wildman–Crippen LogP) is 6.42. The first-order valence-electron chi connectivity index (χ1n) is 11.8. The minimum atomic E-state index is -0.453. The maximum atomic E-state index is 16.0. The molecule has 0 fully saturated rings. The van der Waals surface area contributed by atoms with Crippen molar-refractivity contribution in [3.05, 3.63) is 66.2 Å². The number of amides is 1. The van der Waals surface area contributed by atoms with Gasteiger partial charge in [-0.05, 0) is 41.6 Å². The van der Waals surface area contributed by atoms with E-state index < -0.39 is 5.82 Å². The van der Waals surface area contributed by atoms with E-state index in [4.69, 9.17) is 4.98 Å². The Hall–Kier alpha value is -4.44. The van der Waals surface area contributed by atoms with Crippen molar-refractivity contribution in [3.63, 3.8) is 0 Å². The van der Waals surface area contributed by atoms with Crippen LogP contribution in [0.25, 0.3) is 55.2 Å². The number of fused-ring (bicyclic) bond motifs is 2. The molecule has 37 heavy (non-hydrogen) atoms. The number of benzene rings is 1. The second kappa shape index (κ2) is 9.21. The minimum absolute atomic E-state index is 0.108. The van der Waals surface area contributed by atoms with E-state index >= 15 is 4.39 Å². The summed E-state index contributed by atoms with van der Waals surface area (Å²) in [5.74, 6) is 0.107. The second-order valence-electron chi connectivity index (χ2n) is 9.15. The molecule has 0 saturated carbocycles. The van der Waals surface area contributed by atoms with Crippen LogP contribution < -0.4 is 5.32 Å². The second-order valence-corrected chi connectivity index (χ2v) is 10.1. The average molecular weight is 512 g/mol. The fourth-order valence-electron chi connectivity index (χ4n) is 4.35. The Bertz CT molecular complexity index is 1750. The van der Waals surface area contributed by atoms with Crippen LogP contribution in [0.1, 0.15) is 20.3 Å². The summed E-state index contributed by atoms with van der Waals surface area (Å²) in [4.78, 5) is 30.0. The first kappa shape index (κ1) is 23.0. The molecule has 6 aromatic rings. The first-order valence-corrected chi connectivity index (χ1v) is 12.7. The van der Waals surface area contributed by atoms with Crippen molar-refractivity contribution in [3.8, 4) is 33.2 Å². The van der Waals surface area contributed by atoms with Crippen LogP contribution >= 0.6 is 11.3 Å². The third-order valence-corrected chi connectivity index (χ3v) is 6.85. The Morgan fingerprint density at radius 2 is 2.03 bits per heavy atom. The van der Waals surface area contributed by atoms with Crippen molar-refractivity contribution in [2.75, 3.05) is 5.32 Å². The van der Waals surface area contributed by atoms with Gasteiger partial charge in [-0.2, -0.15) is 5.10 Å². The summed E-state index contributed by atoms with van der Waals surface area (Å²) in [6.07, 6.45) is 5.24. The van der Waals surface area contributed by atoms with Crippen LogP contribution in [0.3, 0.4) is 0 Å². The Morgan fingerprint density at radius 1 is 1.14 bits per heavy atom. The van der Waals surface area contributed by atoms with Crippen molar-refractivity contribution in [1.82, 2.24) is 30.1 Å². The van der Waals surface area contributed by atoms with Gasteiger partial charge in [0.05, 0.1) is 33.2 Å². The zero-order chi connectivity index (χ0) is 25.5. The third kappa shape index (κ3) is 4.25.